The Balaban J connectivity index is 2.25. The molecule has 1 atom stereocenters. The van der Waals surface area contributed by atoms with Gasteiger partial charge in [-0.2, -0.15) is 0 Å². The van der Waals surface area contributed by atoms with Crippen molar-refractivity contribution < 1.29 is 14.6 Å². The van der Waals surface area contributed by atoms with Gasteiger partial charge in [0.25, 0.3) is 0 Å². The van der Waals surface area contributed by atoms with Gasteiger partial charge in [0.1, 0.15) is 11.5 Å². The zero-order valence-electron chi connectivity index (χ0n) is 13.9. The van der Waals surface area contributed by atoms with Crippen LogP contribution in [0.3, 0.4) is 0 Å². The summed E-state index contributed by atoms with van der Waals surface area (Å²) in [6.45, 7) is 6.12. The van der Waals surface area contributed by atoms with E-state index in [1.54, 1.807) is 25.0 Å². The van der Waals surface area contributed by atoms with Crippen LogP contribution >= 0.6 is 0 Å². The number of rotatable bonds is 2. The number of nitrogens with zero attached hydrogens (tertiary/aromatic N) is 1. The number of carbonyl (C=O) groups excluding carboxylic acids is 1. The highest BCUT2D eigenvalue weighted by Gasteiger charge is 2.43. The number of hydrogen-bond donors (Lipinski definition) is 1. The van der Waals surface area contributed by atoms with Crippen molar-refractivity contribution in [3.05, 3.63) is 53.1 Å². The molecule has 1 heterocycles. The topological polar surface area (TPSA) is 49.8 Å². The Labute approximate surface area is 136 Å². The number of benzene rings is 2. The summed E-state index contributed by atoms with van der Waals surface area (Å²) in [6, 6.07) is 11.3. The molecule has 120 valence electrons. The molecular weight excluding hydrogens is 290 g/mol. The number of fused-ring (bicyclic) bond motifs is 1. The van der Waals surface area contributed by atoms with E-state index in [4.69, 9.17) is 4.74 Å². The van der Waals surface area contributed by atoms with Crippen molar-refractivity contribution in [2.75, 3.05) is 18.6 Å². The minimum Gasteiger partial charge on any atom is -0.508 e. The number of aryl methyl sites for hydroxylation is 1. The fourth-order valence-electron chi connectivity index (χ4n) is 3.41. The molecule has 1 unspecified atom stereocenters. The van der Waals surface area contributed by atoms with E-state index in [0.717, 1.165) is 28.1 Å². The van der Waals surface area contributed by atoms with Gasteiger partial charge in [-0.25, -0.2) is 0 Å². The fraction of sp³-hybridized carbons (Fsp3) is 0.316. The van der Waals surface area contributed by atoms with Crippen LogP contribution in [0.4, 0.5) is 5.69 Å². The lowest BCUT2D eigenvalue weighted by atomic mass is 9.77. The zero-order chi connectivity index (χ0) is 16.8. The van der Waals surface area contributed by atoms with Gasteiger partial charge in [0.15, 0.2) is 0 Å². The monoisotopic (exact) mass is 311 g/mol. The molecule has 0 fully saturated rings. The van der Waals surface area contributed by atoms with E-state index >= 15 is 0 Å². The number of anilines is 1. The molecule has 1 aliphatic heterocycles. The SMILES string of the molecule is COc1ccc2c(c1)C(C)(c1cc(C)ccc1O)CN2C(C)=O. The van der Waals surface area contributed by atoms with Crippen molar-refractivity contribution in [2.45, 2.75) is 26.2 Å². The second-order valence-electron chi connectivity index (χ2n) is 6.34. The number of phenolic OH excluding ortho intramolecular Hbond substituents is 1. The fourth-order valence-corrected chi connectivity index (χ4v) is 3.41. The summed E-state index contributed by atoms with van der Waals surface area (Å²) in [5.74, 6) is 0.983. The van der Waals surface area contributed by atoms with E-state index in [1.807, 2.05) is 37.3 Å². The van der Waals surface area contributed by atoms with Gasteiger partial charge in [-0.1, -0.05) is 17.7 Å². The van der Waals surface area contributed by atoms with Crippen molar-refractivity contribution in [3.8, 4) is 11.5 Å². The summed E-state index contributed by atoms with van der Waals surface area (Å²) < 4.78 is 5.35. The van der Waals surface area contributed by atoms with E-state index in [1.165, 1.54) is 0 Å². The number of carbonyl (C=O) groups is 1. The van der Waals surface area contributed by atoms with Crippen LogP contribution in [-0.2, 0) is 10.2 Å². The van der Waals surface area contributed by atoms with Crippen LogP contribution < -0.4 is 9.64 Å². The molecule has 4 heteroatoms. The quantitative estimate of drug-likeness (QED) is 0.925. The maximum absolute atomic E-state index is 12.1. The van der Waals surface area contributed by atoms with Crippen molar-refractivity contribution >= 4 is 11.6 Å². The Morgan fingerprint density at radius 3 is 2.61 bits per heavy atom. The lowest BCUT2D eigenvalue weighted by Crippen LogP contribution is -2.34. The normalized spacial score (nSPS) is 19.6. The molecule has 0 spiro atoms. The molecule has 0 saturated heterocycles. The van der Waals surface area contributed by atoms with Crippen LogP contribution in [0.15, 0.2) is 36.4 Å². The minimum atomic E-state index is -0.481. The van der Waals surface area contributed by atoms with Gasteiger partial charge < -0.3 is 14.7 Å². The standard InChI is InChI=1S/C19H21NO3/c1-12-5-8-18(22)16(9-12)19(3)11-20(13(2)21)17-7-6-14(23-4)10-15(17)19/h5-10,22H,11H2,1-4H3. The van der Waals surface area contributed by atoms with E-state index in [2.05, 4.69) is 6.92 Å². The van der Waals surface area contributed by atoms with Crippen molar-refractivity contribution in [1.29, 1.82) is 0 Å². The highest BCUT2D eigenvalue weighted by atomic mass is 16.5. The molecule has 0 radical (unpaired) electrons. The minimum absolute atomic E-state index is 0.00714. The molecule has 4 nitrogen and oxygen atoms in total. The summed E-state index contributed by atoms with van der Waals surface area (Å²) in [5, 5.41) is 10.4. The summed E-state index contributed by atoms with van der Waals surface area (Å²) in [7, 11) is 1.63. The Kier molecular flexibility index (Phi) is 3.55. The van der Waals surface area contributed by atoms with Gasteiger partial charge in [0, 0.05) is 30.1 Å². The Morgan fingerprint density at radius 2 is 1.96 bits per heavy atom. The third kappa shape index (κ3) is 2.34. The first-order valence-corrected chi connectivity index (χ1v) is 7.63. The number of ether oxygens (including phenoxy) is 1. The number of aromatic hydroxyl groups is 1. The highest BCUT2D eigenvalue weighted by Crippen LogP contribution is 2.48. The van der Waals surface area contributed by atoms with E-state index in [9.17, 15) is 9.90 Å². The number of phenols is 1. The number of hydrogen-bond acceptors (Lipinski definition) is 3. The molecule has 2 aromatic rings. The van der Waals surface area contributed by atoms with Crippen molar-refractivity contribution in [1.82, 2.24) is 0 Å². The zero-order valence-corrected chi connectivity index (χ0v) is 13.9. The van der Waals surface area contributed by atoms with Gasteiger partial charge >= 0.3 is 0 Å². The van der Waals surface area contributed by atoms with Crippen LogP contribution in [0.1, 0.15) is 30.5 Å². The molecule has 3 rings (SSSR count). The average molecular weight is 311 g/mol. The molecule has 0 aromatic heterocycles. The van der Waals surface area contributed by atoms with E-state index in [0.29, 0.717) is 6.54 Å². The second kappa shape index (κ2) is 5.30. The van der Waals surface area contributed by atoms with Gasteiger partial charge in [-0.15, -0.1) is 0 Å². The van der Waals surface area contributed by atoms with Crippen LogP contribution in [0.25, 0.3) is 0 Å². The summed E-state index contributed by atoms with van der Waals surface area (Å²) >= 11 is 0. The lowest BCUT2D eigenvalue weighted by Gasteiger charge is -2.27. The van der Waals surface area contributed by atoms with Gasteiger partial charge in [-0.3, -0.25) is 4.79 Å². The molecule has 2 aromatic carbocycles. The van der Waals surface area contributed by atoms with E-state index in [-0.39, 0.29) is 11.7 Å². The van der Waals surface area contributed by atoms with Crippen LogP contribution in [0.2, 0.25) is 0 Å². The molecule has 1 N–H and O–H groups in total. The molecule has 23 heavy (non-hydrogen) atoms. The number of methoxy groups -OCH3 is 1. The van der Waals surface area contributed by atoms with Gasteiger partial charge in [0.05, 0.1) is 7.11 Å². The summed E-state index contributed by atoms with van der Waals surface area (Å²) in [4.78, 5) is 13.8. The van der Waals surface area contributed by atoms with Crippen LogP contribution in [0.5, 0.6) is 11.5 Å². The largest absolute Gasteiger partial charge is 0.508 e. The molecule has 1 amide bonds. The summed E-state index contributed by atoms with van der Waals surface area (Å²) in [6.07, 6.45) is 0. The predicted octanol–water partition coefficient (Wildman–Crippen LogP) is 3.38. The molecule has 0 aliphatic carbocycles. The lowest BCUT2D eigenvalue weighted by molar-refractivity contribution is -0.116. The Morgan fingerprint density at radius 1 is 1.22 bits per heavy atom. The third-order valence-electron chi connectivity index (χ3n) is 4.69. The molecule has 1 aliphatic rings. The smallest absolute Gasteiger partial charge is 0.223 e. The molecule has 0 bridgehead atoms. The first kappa shape index (κ1) is 15.4. The van der Waals surface area contributed by atoms with Crippen LogP contribution in [-0.4, -0.2) is 24.7 Å². The molecular formula is C19H21NO3. The predicted molar refractivity (Wildman–Crippen MR) is 90.3 cm³/mol. The third-order valence-corrected chi connectivity index (χ3v) is 4.69. The van der Waals surface area contributed by atoms with Crippen molar-refractivity contribution in [3.63, 3.8) is 0 Å². The first-order chi connectivity index (χ1) is 10.9. The van der Waals surface area contributed by atoms with E-state index < -0.39 is 5.41 Å². The highest BCUT2D eigenvalue weighted by molar-refractivity contribution is 5.95. The number of amides is 1. The summed E-state index contributed by atoms with van der Waals surface area (Å²) in [5.41, 5.74) is 3.29. The maximum atomic E-state index is 12.1. The first-order valence-electron chi connectivity index (χ1n) is 7.63. The molecule has 0 saturated carbocycles. The van der Waals surface area contributed by atoms with Gasteiger partial charge in [0.2, 0.25) is 5.91 Å². The Bertz CT molecular complexity index is 784. The average Bonchev–Trinajstić information content (AvgIpc) is 2.83. The maximum Gasteiger partial charge on any atom is 0.223 e. The Hall–Kier alpha value is -2.49. The van der Waals surface area contributed by atoms with Crippen molar-refractivity contribution in [2.24, 2.45) is 0 Å². The van der Waals surface area contributed by atoms with Gasteiger partial charge in [-0.05, 0) is 43.7 Å². The van der Waals surface area contributed by atoms with Crippen LogP contribution in [0, 0.1) is 6.92 Å². The second-order valence-corrected chi connectivity index (χ2v) is 6.34.